The summed E-state index contributed by atoms with van der Waals surface area (Å²) in [5.41, 5.74) is 1.10. The third-order valence-electron chi connectivity index (χ3n) is 4.89. The normalized spacial score (nSPS) is 10.8. The molecule has 160 valence electrons. The monoisotopic (exact) mass is 449 g/mol. The van der Waals surface area contributed by atoms with Crippen LogP contribution in [0.15, 0.2) is 75.9 Å². The summed E-state index contributed by atoms with van der Waals surface area (Å²) in [5.74, 6) is -0.479. The highest BCUT2D eigenvalue weighted by Gasteiger charge is 2.20. The molecule has 0 aliphatic heterocycles. The number of hydrogen-bond acceptors (Lipinski definition) is 6. The van der Waals surface area contributed by atoms with Crippen molar-refractivity contribution in [3.8, 4) is 17.1 Å². The second kappa shape index (κ2) is 8.64. The van der Waals surface area contributed by atoms with Crippen LogP contribution in [0.3, 0.4) is 0 Å². The maximum Gasteiger partial charge on any atom is 0.270 e. The number of Topliss-reactive ketones (excluding diaryl/α,β-unsaturated/α-hetero) is 1. The number of halogens is 1. The van der Waals surface area contributed by atoms with Gasteiger partial charge in [-0.05, 0) is 24.6 Å². The van der Waals surface area contributed by atoms with Gasteiger partial charge in [-0.15, -0.1) is 0 Å². The highest BCUT2D eigenvalue weighted by molar-refractivity contribution is 6.32. The second-order valence-electron chi connectivity index (χ2n) is 7.07. The molecule has 8 heteroatoms. The van der Waals surface area contributed by atoms with Gasteiger partial charge in [0.2, 0.25) is 11.2 Å². The number of rotatable bonds is 6. The maximum atomic E-state index is 13.2. The summed E-state index contributed by atoms with van der Waals surface area (Å²) in [7, 11) is 0. The predicted octanol–water partition coefficient (Wildman–Crippen LogP) is 5.59. The van der Waals surface area contributed by atoms with Gasteiger partial charge < -0.3 is 9.15 Å². The van der Waals surface area contributed by atoms with Gasteiger partial charge in [-0.25, -0.2) is 0 Å². The van der Waals surface area contributed by atoms with Gasteiger partial charge in [-0.2, -0.15) is 0 Å². The predicted molar refractivity (Wildman–Crippen MR) is 121 cm³/mol. The van der Waals surface area contributed by atoms with Crippen molar-refractivity contribution < 1.29 is 18.9 Å². The van der Waals surface area contributed by atoms with Crippen LogP contribution in [0.25, 0.3) is 22.3 Å². The number of nitro groups is 1. The zero-order chi connectivity index (χ0) is 22.8. The zero-order valence-corrected chi connectivity index (χ0v) is 17.6. The van der Waals surface area contributed by atoms with Gasteiger partial charge in [0, 0.05) is 28.3 Å². The van der Waals surface area contributed by atoms with Crippen LogP contribution in [0.2, 0.25) is 5.02 Å². The molecule has 3 aromatic carbocycles. The van der Waals surface area contributed by atoms with Crippen molar-refractivity contribution in [2.75, 3.05) is 6.61 Å². The molecule has 0 saturated carbocycles. The first-order valence-corrected chi connectivity index (χ1v) is 9.96. The van der Waals surface area contributed by atoms with E-state index in [1.807, 2.05) is 6.07 Å². The van der Waals surface area contributed by atoms with E-state index in [9.17, 15) is 19.7 Å². The number of nitrogens with zero attached hydrogens (tertiary/aromatic N) is 1. The lowest BCUT2D eigenvalue weighted by Crippen LogP contribution is -2.17. The fraction of sp³-hybridized carbons (Fsp3) is 0.0833. The molecule has 0 saturated heterocycles. The molecule has 0 fully saturated rings. The first kappa shape index (κ1) is 21.3. The second-order valence-corrected chi connectivity index (χ2v) is 7.48. The molecule has 4 aromatic rings. The van der Waals surface area contributed by atoms with E-state index in [4.69, 9.17) is 20.8 Å². The SMILES string of the molecule is Cc1cc2oc(-c3ccccc3)c(OCC(=O)c3cccc([N+](=O)[O-])c3)c(=O)c2cc1Cl. The first-order chi connectivity index (χ1) is 15.3. The van der Waals surface area contributed by atoms with Crippen LogP contribution in [0.1, 0.15) is 15.9 Å². The number of fused-ring (bicyclic) bond motifs is 1. The van der Waals surface area contributed by atoms with Crippen molar-refractivity contribution >= 4 is 34.0 Å². The molecule has 0 aliphatic rings. The standard InChI is InChI=1S/C24H16ClNO6/c1-14-10-21-18(12-19(14)25)22(28)24(23(32-21)15-6-3-2-4-7-15)31-13-20(27)16-8-5-9-17(11-16)26(29)30/h2-12H,13H2,1H3. The third kappa shape index (κ3) is 4.10. The molecule has 0 spiro atoms. The fourth-order valence-electron chi connectivity index (χ4n) is 3.22. The lowest BCUT2D eigenvalue weighted by atomic mass is 10.1. The van der Waals surface area contributed by atoms with Gasteiger partial charge in [0.15, 0.2) is 18.2 Å². The number of non-ortho nitro benzene ring substituents is 1. The Morgan fingerprint density at radius 1 is 1.09 bits per heavy atom. The summed E-state index contributed by atoms with van der Waals surface area (Å²) >= 11 is 6.19. The summed E-state index contributed by atoms with van der Waals surface area (Å²) in [5, 5.41) is 11.6. The summed E-state index contributed by atoms with van der Waals surface area (Å²) in [4.78, 5) is 36.2. The van der Waals surface area contributed by atoms with E-state index in [1.54, 1.807) is 37.3 Å². The smallest absolute Gasteiger partial charge is 0.270 e. The van der Waals surface area contributed by atoms with Crippen LogP contribution in [-0.4, -0.2) is 17.3 Å². The molecular formula is C24H16ClNO6. The molecule has 0 radical (unpaired) electrons. The highest BCUT2D eigenvalue weighted by Crippen LogP contribution is 2.32. The average molecular weight is 450 g/mol. The molecule has 0 aliphatic carbocycles. The summed E-state index contributed by atoms with van der Waals surface area (Å²) in [6, 6.07) is 17.4. The number of benzene rings is 3. The number of nitro benzene ring substituents is 1. The number of ether oxygens (including phenoxy) is 1. The van der Waals surface area contributed by atoms with E-state index in [-0.39, 0.29) is 28.1 Å². The molecule has 7 nitrogen and oxygen atoms in total. The Balaban J connectivity index is 1.77. The molecule has 0 unspecified atom stereocenters. The third-order valence-corrected chi connectivity index (χ3v) is 5.30. The topological polar surface area (TPSA) is 99.7 Å². The first-order valence-electron chi connectivity index (χ1n) is 9.58. The van der Waals surface area contributed by atoms with Crippen molar-refractivity contribution in [2.45, 2.75) is 6.92 Å². The molecule has 32 heavy (non-hydrogen) atoms. The summed E-state index contributed by atoms with van der Waals surface area (Å²) < 4.78 is 11.6. The van der Waals surface area contributed by atoms with E-state index in [2.05, 4.69) is 0 Å². The van der Waals surface area contributed by atoms with Gasteiger partial charge in [-0.1, -0.05) is 54.1 Å². The van der Waals surface area contributed by atoms with Crippen molar-refractivity contribution in [1.29, 1.82) is 0 Å². The Bertz CT molecular complexity index is 1410. The van der Waals surface area contributed by atoms with Gasteiger partial charge in [-0.3, -0.25) is 19.7 Å². The summed E-state index contributed by atoms with van der Waals surface area (Å²) in [6.07, 6.45) is 0. The number of carbonyl (C=O) groups is 1. The zero-order valence-electron chi connectivity index (χ0n) is 16.8. The minimum Gasteiger partial charge on any atom is -0.478 e. The minimum atomic E-state index is -0.588. The van der Waals surface area contributed by atoms with Crippen molar-refractivity contribution in [1.82, 2.24) is 0 Å². The molecular weight excluding hydrogens is 434 g/mol. The Labute approximate surface area is 187 Å². The molecule has 4 rings (SSSR count). The molecule has 1 heterocycles. The Morgan fingerprint density at radius 2 is 1.84 bits per heavy atom. The van der Waals surface area contributed by atoms with E-state index in [0.29, 0.717) is 16.2 Å². The molecule has 0 N–H and O–H groups in total. The minimum absolute atomic E-state index is 0.101. The van der Waals surface area contributed by atoms with Gasteiger partial charge >= 0.3 is 0 Å². The fourth-order valence-corrected chi connectivity index (χ4v) is 3.39. The van der Waals surface area contributed by atoms with Crippen LogP contribution in [-0.2, 0) is 0 Å². The highest BCUT2D eigenvalue weighted by atomic mass is 35.5. The average Bonchev–Trinajstić information content (AvgIpc) is 2.80. The van der Waals surface area contributed by atoms with Crippen LogP contribution in [0.5, 0.6) is 5.75 Å². The molecule has 1 aromatic heterocycles. The van der Waals surface area contributed by atoms with Crippen molar-refractivity contribution in [3.05, 3.63) is 103 Å². The Kier molecular flexibility index (Phi) is 5.75. The number of carbonyl (C=O) groups excluding carboxylic acids is 1. The van der Waals surface area contributed by atoms with E-state index < -0.39 is 22.7 Å². The number of hydrogen-bond donors (Lipinski definition) is 0. The Morgan fingerprint density at radius 3 is 2.56 bits per heavy atom. The van der Waals surface area contributed by atoms with Crippen LogP contribution in [0.4, 0.5) is 5.69 Å². The van der Waals surface area contributed by atoms with E-state index in [1.165, 1.54) is 24.3 Å². The van der Waals surface area contributed by atoms with Gasteiger partial charge in [0.25, 0.3) is 5.69 Å². The lowest BCUT2D eigenvalue weighted by molar-refractivity contribution is -0.384. The molecule has 0 atom stereocenters. The number of ketones is 1. The molecule has 0 bridgehead atoms. The maximum absolute atomic E-state index is 13.2. The number of aryl methyl sites for hydroxylation is 1. The largest absolute Gasteiger partial charge is 0.478 e. The van der Waals surface area contributed by atoms with Crippen LogP contribution in [0, 0.1) is 17.0 Å². The van der Waals surface area contributed by atoms with E-state index in [0.717, 1.165) is 11.6 Å². The quantitative estimate of drug-likeness (QED) is 0.216. The molecule has 0 amide bonds. The Hall–Kier alpha value is -3.97. The summed E-state index contributed by atoms with van der Waals surface area (Å²) in [6.45, 7) is 1.29. The van der Waals surface area contributed by atoms with Crippen molar-refractivity contribution in [3.63, 3.8) is 0 Å². The van der Waals surface area contributed by atoms with Crippen LogP contribution < -0.4 is 10.2 Å². The van der Waals surface area contributed by atoms with Crippen molar-refractivity contribution in [2.24, 2.45) is 0 Å². The van der Waals surface area contributed by atoms with Crippen LogP contribution >= 0.6 is 11.6 Å². The van der Waals surface area contributed by atoms with Gasteiger partial charge in [0.05, 0.1) is 10.3 Å². The lowest BCUT2D eigenvalue weighted by Gasteiger charge is -2.12. The van der Waals surface area contributed by atoms with E-state index >= 15 is 0 Å². The van der Waals surface area contributed by atoms with Gasteiger partial charge in [0.1, 0.15) is 5.58 Å².